The highest BCUT2D eigenvalue weighted by Gasteiger charge is 2.64. The molecule has 6 rings (SSSR count). The summed E-state index contributed by atoms with van der Waals surface area (Å²) in [4.78, 5) is 13.1. The van der Waals surface area contributed by atoms with E-state index in [2.05, 4.69) is 32.9 Å². The number of hydrogen-bond donors (Lipinski definition) is 0. The van der Waals surface area contributed by atoms with Crippen LogP contribution in [-0.4, -0.2) is 18.9 Å². The highest BCUT2D eigenvalue weighted by atomic mass is 16.7. The van der Waals surface area contributed by atoms with Gasteiger partial charge in [0.05, 0.1) is 12.0 Å². The molecule has 30 heavy (non-hydrogen) atoms. The van der Waals surface area contributed by atoms with Crippen LogP contribution >= 0.6 is 0 Å². The number of rotatable bonds is 7. The number of hydrogen-bond acceptors (Lipinski definition) is 3. The zero-order chi connectivity index (χ0) is 20.7. The predicted molar refractivity (Wildman–Crippen MR) is 116 cm³/mol. The highest BCUT2D eigenvalue weighted by Crippen LogP contribution is 2.68. The molecule has 0 saturated heterocycles. The topological polar surface area (TPSA) is 35.5 Å². The van der Waals surface area contributed by atoms with E-state index < -0.39 is 0 Å². The van der Waals surface area contributed by atoms with Gasteiger partial charge in [-0.15, -0.1) is 0 Å². The summed E-state index contributed by atoms with van der Waals surface area (Å²) in [6.45, 7) is 7.19. The van der Waals surface area contributed by atoms with E-state index in [0.717, 1.165) is 41.9 Å². The number of carbonyl (C=O) groups excluding carboxylic acids is 1. The lowest BCUT2D eigenvalue weighted by Crippen LogP contribution is -2.47. The zero-order valence-electron chi connectivity index (χ0n) is 19.1. The zero-order valence-corrected chi connectivity index (χ0v) is 19.1. The average Bonchev–Trinajstić information content (AvgIpc) is 3.59. The van der Waals surface area contributed by atoms with Gasteiger partial charge in [-0.2, -0.15) is 0 Å². The van der Waals surface area contributed by atoms with Gasteiger partial charge in [0.25, 0.3) is 0 Å². The van der Waals surface area contributed by atoms with Crippen molar-refractivity contribution in [3.8, 4) is 0 Å². The second kappa shape index (κ2) is 6.83. The maximum Gasteiger partial charge on any atom is 0.311 e. The fraction of sp³-hybridized carbons (Fsp3) is 0.889. The monoisotopic (exact) mass is 412 g/mol. The Hall–Kier alpha value is -0.830. The third-order valence-electron chi connectivity index (χ3n) is 11.6. The molecule has 0 heterocycles. The van der Waals surface area contributed by atoms with Crippen LogP contribution in [0.15, 0.2) is 12.2 Å². The van der Waals surface area contributed by atoms with Crippen molar-refractivity contribution < 1.29 is 14.3 Å². The second-order valence-electron chi connectivity index (χ2n) is 11.8. The maximum atomic E-state index is 13.1. The van der Waals surface area contributed by atoms with Gasteiger partial charge in [0, 0.05) is 0 Å². The van der Waals surface area contributed by atoms with E-state index in [9.17, 15) is 4.79 Å². The first-order valence-electron chi connectivity index (χ1n) is 13.0. The number of ether oxygens (including phenoxy) is 2. The predicted octanol–water partition coefficient (Wildman–Crippen LogP) is 5.98. The van der Waals surface area contributed by atoms with Gasteiger partial charge >= 0.3 is 5.97 Å². The quantitative estimate of drug-likeness (QED) is 0.223. The molecule has 0 aromatic rings. The smallest absolute Gasteiger partial charge is 0.311 e. The minimum Gasteiger partial charge on any atom is -0.438 e. The molecule has 3 nitrogen and oxygen atoms in total. The maximum absolute atomic E-state index is 13.1. The number of carbonyl (C=O) groups is 1. The Labute approximate surface area is 182 Å². The molecule has 0 spiro atoms. The van der Waals surface area contributed by atoms with Crippen molar-refractivity contribution in [2.45, 2.75) is 84.7 Å². The summed E-state index contributed by atoms with van der Waals surface area (Å²) in [5, 5.41) is 0. The Morgan fingerprint density at radius 2 is 1.77 bits per heavy atom. The van der Waals surface area contributed by atoms with Crippen LogP contribution in [0.2, 0.25) is 0 Å². The van der Waals surface area contributed by atoms with Gasteiger partial charge in [-0.3, -0.25) is 4.79 Å². The van der Waals surface area contributed by atoms with Gasteiger partial charge in [-0.25, -0.2) is 0 Å². The molecule has 0 aromatic carbocycles. The Balaban J connectivity index is 1.10. The van der Waals surface area contributed by atoms with E-state index in [1.54, 1.807) is 0 Å². The van der Waals surface area contributed by atoms with Crippen LogP contribution in [0.25, 0.3) is 0 Å². The van der Waals surface area contributed by atoms with Crippen LogP contribution in [0.1, 0.15) is 78.6 Å². The summed E-state index contributed by atoms with van der Waals surface area (Å²) in [5.41, 5.74) is 0.605. The van der Waals surface area contributed by atoms with Gasteiger partial charge in [0.2, 0.25) is 0 Å². The van der Waals surface area contributed by atoms with Crippen LogP contribution in [0.4, 0.5) is 0 Å². The van der Waals surface area contributed by atoms with E-state index >= 15 is 0 Å². The van der Waals surface area contributed by atoms with Crippen LogP contribution in [-0.2, 0) is 14.3 Å². The molecule has 5 saturated carbocycles. The normalized spacial score (nSPS) is 51.1. The summed E-state index contributed by atoms with van der Waals surface area (Å²) >= 11 is 0. The van der Waals surface area contributed by atoms with E-state index in [0.29, 0.717) is 11.3 Å². The molecule has 166 valence electrons. The third-order valence-corrected chi connectivity index (χ3v) is 11.6. The minimum absolute atomic E-state index is 0.0417. The molecule has 6 bridgehead atoms. The summed E-state index contributed by atoms with van der Waals surface area (Å²) in [5.74, 6) is 5.50. The summed E-state index contributed by atoms with van der Waals surface area (Å²) in [6, 6.07) is 0. The Morgan fingerprint density at radius 1 is 1.00 bits per heavy atom. The summed E-state index contributed by atoms with van der Waals surface area (Å²) in [7, 11) is 0. The fourth-order valence-electron chi connectivity index (χ4n) is 10.3. The number of fused-ring (bicyclic) bond motifs is 11. The number of esters is 1. The van der Waals surface area contributed by atoms with E-state index in [1.807, 2.05) is 0 Å². The highest BCUT2D eigenvalue weighted by molar-refractivity contribution is 5.73. The summed E-state index contributed by atoms with van der Waals surface area (Å²) in [6.07, 6.45) is 16.4. The largest absolute Gasteiger partial charge is 0.438 e. The Kier molecular flexibility index (Phi) is 4.52. The molecule has 6 aliphatic rings. The average molecular weight is 413 g/mol. The van der Waals surface area contributed by atoms with Crippen molar-refractivity contribution in [2.75, 3.05) is 6.79 Å². The third kappa shape index (κ3) is 2.39. The first kappa shape index (κ1) is 19.8. The molecule has 0 radical (unpaired) electrons. The van der Waals surface area contributed by atoms with Gasteiger partial charge in [0.1, 0.15) is 0 Å². The van der Waals surface area contributed by atoms with Crippen LogP contribution < -0.4 is 0 Å². The van der Waals surface area contributed by atoms with Crippen molar-refractivity contribution in [2.24, 2.45) is 58.2 Å². The first-order chi connectivity index (χ1) is 14.6. The SMILES string of the molecule is CCC12CCC(C1)C(CC)(CC)C2OCOC(=O)C1CC2CC1C1C3C=CC(C3)C21. The first-order valence-corrected chi connectivity index (χ1v) is 13.0. The lowest BCUT2D eigenvalue weighted by molar-refractivity contribution is -0.191. The van der Waals surface area contributed by atoms with Gasteiger partial charge < -0.3 is 9.47 Å². The van der Waals surface area contributed by atoms with Gasteiger partial charge in [-0.1, -0.05) is 32.9 Å². The van der Waals surface area contributed by atoms with Crippen LogP contribution in [0.5, 0.6) is 0 Å². The van der Waals surface area contributed by atoms with Crippen molar-refractivity contribution in [1.29, 1.82) is 0 Å². The van der Waals surface area contributed by atoms with Crippen LogP contribution in [0, 0.1) is 58.2 Å². The molecule has 6 aliphatic carbocycles. The number of allylic oxidation sites excluding steroid dienone is 2. The molecule has 0 aromatic heterocycles. The molecule has 5 fully saturated rings. The lowest BCUT2D eigenvalue weighted by Gasteiger charge is -2.47. The fourth-order valence-corrected chi connectivity index (χ4v) is 10.3. The molecule has 10 unspecified atom stereocenters. The molecule has 3 heteroatoms. The Morgan fingerprint density at radius 3 is 2.50 bits per heavy atom. The van der Waals surface area contributed by atoms with E-state index in [4.69, 9.17) is 9.47 Å². The summed E-state index contributed by atoms with van der Waals surface area (Å²) < 4.78 is 12.4. The standard InChI is InChI=1S/C27H40O3/c1-4-26-10-9-19(14-26)27(5-2,6-3)25(26)30-15-29-24(28)21-13-18-12-20(21)23-17-8-7-16(11-17)22(18)23/h7-8,16-23,25H,4-6,9-15H2,1-3H3. The van der Waals surface area contributed by atoms with Crippen molar-refractivity contribution in [3.63, 3.8) is 0 Å². The van der Waals surface area contributed by atoms with Crippen molar-refractivity contribution >= 4 is 5.97 Å². The van der Waals surface area contributed by atoms with Gasteiger partial charge in [0.15, 0.2) is 6.79 Å². The molecular formula is C27H40O3. The van der Waals surface area contributed by atoms with Crippen molar-refractivity contribution in [1.82, 2.24) is 0 Å². The lowest BCUT2D eigenvalue weighted by atomic mass is 9.63. The molecule has 10 atom stereocenters. The molecular weight excluding hydrogens is 372 g/mol. The molecule has 0 amide bonds. The van der Waals surface area contributed by atoms with Gasteiger partial charge in [-0.05, 0) is 110 Å². The minimum atomic E-state index is 0.0417. The Bertz CT molecular complexity index is 738. The molecule has 0 N–H and O–H groups in total. The molecule has 0 aliphatic heterocycles. The van der Waals surface area contributed by atoms with Crippen LogP contribution in [0.3, 0.4) is 0 Å². The second-order valence-corrected chi connectivity index (χ2v) is 11.8. The van der Waals surface area contributed by atoms with Crippen molar-refractivity contribution in [3.05, 3.63) is 12.2 Å². The van der Waals surface area contributed by atoms with E-state index in [1.165, 1.54) is 51.4 Å². The van der Waals surface area contributed by atoms with E-state index in [-0.39, 0.29) is 30.2 Å².